The van der Waals surface area contributed by atoms with Gasteiger partial charge < -0.3 is 10.1 Å². The van der Waals surface area contributed by atoms with Crippen molar-refractivity contribution in [2.24, 2.45) is 0 Å². The SMILES string of the molecule is COC1CCN(S(=O)(=O)c2ccc3c(c2)CCC(=O)N3)CC1. The highest BCUT2D eigenvalue weighted by Gasteiger charge is 2.30. The number of anilines is 1. The van der Waals surface area contributed by atoms with Gasteiger partial charge in [-0.2, -0.15) is 4.31 Å². The number of hydrogen-bond acceptors (Lipinski definition) is 4. The van der Waals surface area contributed by atoms with Gasteiger partial charge in [-0.3, -0.25) is 4.79 Å². The molecule has 0 bridgehead atoms. The van der Waals surface area contributed by atoms with Crippen LogP contribution in [-0.2, 0) is 26.0 Å². The van der Waals surface area contributed by atoms with E-state index >= 15 is 0 Å². The van der Waals surface area contributed by atoms with E-state index in [-0.39, 0.29) is 12.0 Å². The van der Waals surface area contributed by atoms with Crippen molar-refractivity contribution in [3.63, 3.8) is 0 Å². The number of nitrogens with one attached hydrogen (secondary N) is 1. The molecule has 0 radical (unpaired) electrons. The molecule has 3 rings (SSSR count). The molecular formula is C15H20N2O4S. The van der Waals surface area contributed by atoms with Gasteiger partial charge in [0.05, 0.1) is 11.0 Å². The fourth-order valence-electron chi connectivity index (χ4n) is 2.98. The maximum Gasteiger partial charge on any atom is 0.243 e. The maximum atomic E-state index is 12.7. The quantitative estimate of drug-likeness (QED) is 0.911. The number of ether oxygens (including phenoxy) is 1. The van der Waals surface area contributed by atoms with Gasteiger partial charge in [0.1, 0.15) is 0 Å². The second-order valence-electron chi connectivity index (χ2n) is 5.71. The van der Waals surface area contributed by atoms with Crippen LogP contribution in [0.25, 0.3) is 0 Å². The summed E-state index contributed by atoms with van der Waals surface area (Å²) in [7, 11) is -1.82. The maximum absolute atomic E-state index is 12.7. The van der Waals surface area contributed by atoms with Crippen LogP contribution >= 0.6 is 0 Å². The predicted octanol–water partition coefficient (Wildman–Crippen LogP) is 1.37. The number of nitrogens with zero attached hydrogens (tertiary/aromatic N) is 1. The van der Waals surface area contributed by atoms with Crippen LogP contribution in [0, 0.1) is 0 Å². The average molecular weight is 324 g/mol. The molecule has 0 spiro atoms. The summed E-state index contributed by atoms with van der Waals surface area (Å²) < 4.78 is 32.3. The summed E-state index contributed by atoms with van der Waals surface area (Å²) in [6.45, 7) is 0.962. The summed E-state index contributed by atoms with van der Waals surface area (Å²) in [4.78, 5) is 11.7. The summed E-state index contributed by atoms with van der Waals surface area (Å²) in [6, 6.07) is 4.94. The Labute approximate surface area is 130 Å². The van der Waals surface area contributed by atoms with E-state index in [1.807, 2.05) is 0 Å². The number of methoxy groups -OCH3 is 1. The van der Waals surface area contributed by atoms with Gasteiger partial charge in [-0.1, -0.05) is 0 Å². The number of amides is 1. The van der Waals surface area contributed by atoms with Gasteiger partial charge in [-0.15, -0.1) is 0 Å². The van der Waals surface area contributed by atoms with Crippen molar-refractivity contribution in [2.45, 2.75) is 36.7 Å². The lowest BCUT2D eigenvalue weighted by molar-refractivity contribution is -0.116. The predicted molar refractivity (Wildman–Crippen MR) is 82.2 cm³/mol. The van der Waals surface area contributed by atoms with E-state index in [0.717, 1.165) is 18.4 Å². The van der Waals surface area contributed by atoms with Crippen LogP contribution in [0.4, 0.5) is 5.69 Å². The van der Waals surface area contributed by atoms with Crippen LogP contribution in [0.1, 0.15) is 24.8 Å². The standard InChI is InChI=1S/C15H20N2O4S/c1-21-12-6-8-17(9-7-12)22(19,20)13-3-4-14-11(10-13)2-5-15(18)16-14/h3-4,10,12H,2,5-9H2,1H3,(H,16,18). The lowest BCUT2D eigenvalue weighted by Gasteiger charge is -2.30. The number of carbonyl (C=O) groups excluding carboxylic acids is 1. The molecule has 1 aromatic rings. The highest BCUT2D eigenvalue weighted by Crippen LogP contribution is 2.28. The first-order chi connectivity index (χ1) is 10.5. The number of rotatable bonds is 3. The fourth-order valence-corrected chi connectivity index (χ4v) is 4.50. The van der Waals surface area contributed by atoms with E-state index in [2.05, 4.69) is 5.32 Å². The Hall–Kier alpha value is -1.44. The molecule has 22 heavy (non-hydrogen) atoms. The minimum atomic E-state index is -3.48. The lowest BCUT2D eigenvalue weighted by atomic mass is 10.0. The average Bonchev–Trinajstić information content (AvgIpc) is 2.54. The zero-order valence-electron chi connectivity index (χ0n) is 12.5. The van der Waals surface area contributed by atoms with E-state index in [4.69, 9.17) is 4.74 Å². The first-order valence-corrected chi connectivity index (χ1v) is 8.90. The zero-order chi connectivity index (χ0) is 15.7. The van der Waals surface area contributed by atoms with E-state index in [1.54, 1.807) is 25.3 Å². The van der Waals surface area contributed by atoms with Crippen LogP contribution in [0.3, 0.4) is 0 Å². The second kappa shape index (κ2) is 5.98. The Kier molecular flexibility index (Phi) is 4.20. The van der Waals surface area contributed by atoms with Gasteiger partial charge in [0, 0.05) is 32.3 Å². The van der Waals surface area contributed by atoms with Gasteiger partial charge in [0.15, 0.2) is 0 Å². The number of fused-ring (bicyclic) bond motifs is 1. The van der Waals surface area contributed by atoms with Crippen LogP contribution in [0.15, 0.2) is 23.1 Å². The number of benzene rings is 1. The Morgan fingerprint density at radius 3 is 2.64 bits per heavy atom. The van der Waals surface area contributed by atoms with Crippen molar-refractivity contribution in [1.29, 1.82) is 0 Å². The first-order valence-electron chi connectivity index (χ1n) is 7.46. The third-order valence-corrected chi connectivity index (χ3v) is 6.24. The number of carbonyl (C=O) groups is 1. The van der Waals surface area contributed by atoms with Crippen molar-refractivity contribution in [1.82, 2.24) is 4.31 Å². The molecule has 1 aromatic carbocycles. The van der Waals surface area contributed by atoms with Crippen LogP contribution in [-0.4, -0.2) is 44.9 Å². The zero-order valence-corrected chi connectivity index (χ0v) is 13.4. The third kappa shape index (κ3) is 2.88. The van der Waals surface area contributed by atoms with Crippen molar-refractivity contribution in [3.8, 4) is 0 Å². The number of aryl methyl sites for hydroxylation is 1. The number of hydrogen-bond donors (Lipinski definition) is 1. The molecule has 1 amide bonds. The summed E-state index contributed by atoms with van der Waals surface area (Å²) in [5.74, 6) is -0.0234. The third-order valence-electron chi connectivity index (χ3n) is 4.34. The van der Waals surface area contributed by atoms with Crippen molar-refractivity contribution in [2.75, 3.05) is 25.5 Å². The monoisotopic (exact) mass is 324 g/mol. The smallest absolute Gasteiger partial charge is 0.243 e. The van der Waals surface area contributed by atoms with E-state index in [1.165, 1.54) is 4.31 Å². The molecule has 2 aliphatic heterocycles. The highest BCUT2D eigenvalue weighted by molar-refractivity contribution is 7.89. The molecule has 7 heteroatoms. The first kappa shape index (κ1) is 15.5. The van der Waals surface area contributed by atoms with Gasteiger partial charge in [-0.25, -0.2) is 8.42 Å². The normalized spacial score (nSPS) is 20.5. The highest BCUT2D eigenvalue weighted by atomic mass is 32.2. The molecule has 1 saturated heterocycles. The van der Waals surface area contributed by atoms with E-state index < -0.39 is 10.0 Å². The molecule has 120 valence electrons. The molecule has 6 nitrogen and oxygen atoms in total. The molecule has 1 N–H and O–H groups in total. The minimum Gasteiger partial charge on any atom is -0.381 e. The Morgan fingerprint density at radius 2 is 1.95 bits per heavy atom. The second-order valence-corrected chi connectivity index (χ2v) is 7.64. The van der Waals surface area contributed by atoms with Crippen molar-refractivity contribution in [3.05, 3.63) is 23.8 Å². The minimum absolute atomic E-state index is 0.0234. The van der Waals surface area contributed by atoms with E-state index in [0.29, 0.717) is 36.5 Å². The fraction of sp³-hybridized carbons (Fsp3) is 0.533. The number of sulfonamides is 1. The molecule has 2 aliphatic rings. The molecule has 0 unspecified atom stereocenters. The van der Waals surface area contributed by atoms with Crippen LogP contribution < -0.4 is 5.32 Å². The van der Waals surface area contributed by atoms with E-state index in [9.17, 15) is 13.2 Å². The molecule has 0 aromatic heterocycles. The molecule has 2 heterocycles. The molecule has 0 saturated carbocycles. The largest absolute Gasteiger partial charge is 0.381 e. The molecule has 0 atom stereocenters. The van der Waals surface area contributed by atoms with Crippen molar-refractivity contribution < 1.29 is 17.9 Å². The van der Waals surface area contributed by atoms with Gasteiger partial charge in [-0.05, 0) is 43.0 Å². The summed E-state index contributed by atoms with van der Waals surface area (Å²) in [6.07, 6.45) is 2.56. The van der Waals surface area contributed by atoms with Gasteiger partial charge in [0.2, 0.25) is 15.9 Å². The number of piperidine rings is 1. The summed E-state index contributed by atoms with van der Waals surface area (Å²) in [5.41, 5.74) is 1.60. The molecule has 1 fully saturated rings. The Bertz CT molecular complexity index is 679. The Morgan fingerprint density at radius 1 is 1.23 bits per heavy atom. The summed E-state index contributed by atoms with van der Waals surface area (Å²) >= 11 is 0. The van der Waals surface area contributed by atoms with Gasteiger partial charge >= 0.3 is 0 Å². The Balaban J connectivity index is 1.82. The molecule has 0 aliphatic carbocycles. The van der Waals surface area contributed by atoms with Gasteiger partial charge in [0.25, 0.3) is 0 Å². The summed E-state index contributed by atoms with van der Waals surface area (Å²) in [5, 5.41) is 2.77. The lowest BCUT2D eigenvalue weighted by Crippen LogP contribution is -2.40. The topological polar surface area (TPSA) is 75.7 Å². The van der Waals surface area contributed by atoms with Crippen molar-refractivity contribution >= 4 is 21.6 Å². The van der Waals surface area contributed by atoms with Crippen LogP contribution in [0.2, 0.25) is 0 Å². The van der Waals surface area contributed by atoms with Crippen LogP contribution in [0.5, 0.6) is 0 Å². The molecular weight excluding hydrogens is 304 g/mol.